The van der Waals surface area contributed by atoms with E-state index in [1.54, 1.807) is 12.1 Å². The first-order valence-corrected chi connectivity index (χ1v) is 11.3. The van der Waals surface area contributed by atoms with E-state index in [2.05, 4.69) is 10.1 Å². The third-order valence-electron chi connectivity index (χ3n) is 4.95. The van der Waals surface area contributed by atoms with Crippen molar-refractivity contribution in [3.8, 4) is 11.5 Å². The molecule has 0 unspecified atom stereocenters. The average Bonchev–Trinajstić information content (AvgIpc) is 2.78. The van der Waals surface area contributed by atoms with Crippen molar-refractivity contribution < 1.29 is 31.5 Å². The number of carbonyl (C=O) groups excluding carboxylic acids is 1. The molecule has 1 aliphatic heterocycles. The van der Waals surface area contributed by atoms with Crippen LogP contribution in [0.25, 0.3) is 0 Å². The maximum Gasteiger partial charge on any atom is 0.387 e. The Labute approximate surface area is 180 Å². The SMILES string of the molecule is COc1cccc(C(=O)NCc2cccc(S(=O)(=O)N3CCCCC3)c2)c1OC(F)F. The molecule has 1 N–H and O–H groups in total. The number of carbonyl (C=O) groups is 1. The lowest BCUT2D eigenvalue weighted by Gasteiger charge is -2.26. The van der Waals surface area contributed by atoms with Gasteiger partial charge in [-0.15, -0.1) is 0 Å². The first-order valence-electron chi connectivity index (χ1n) is 9.82. The lowest BCUT2D eigenvalue weighted by Crippen LogP contribution is -2.35. The molecule has 0 aliphatic carbocycles. The van der Waals surface area contributed by atoms with E-state index in [-0.39, 0.29) is 28.5 Å². The van der Waals surface area contributed by atoms with Gasteiger partial charge in [0.15, 0.2) is 11.5 Å². The molecular weight excluding hydrogens is 430 g/mol. The first kappa shape index (κ1) is 23.0. The number of hydrogen-bond donors (Lipinski definition) is 1. The molecule has 2 aromatic carbocycles. The highest BCUT2D eigenvalue weighted by atomic mass is 32.2. The molecule has 10 heteroatoms. The Morgan fingerprint density at radius 1 is 1.13 bits per heavy atom. The van der Waals surface area contributed by atoms with Crippen molar-refractivity contribution in [2.24, 2.45) is 0 Å². The number of halogens is 2. The van der Waals surface area contributed by atoms with Gasteiger partial charge >= 0.3 is 6.61 Å². The van der Waals surface area contributed by atoms with E-state index in [0.717, 1.165) is 19.3 Å². The Kier molecular flexibility index (Phi) is 7.45. The van der Waals surface area contributed by atoms with Crippen LogP contribution in [-0.4, -0.2) is 45.4 Å². The molecule has 0 bridgehead atoms. The fourth-order valence-electron chi connectivity index (χ4n) is 3.41. The zero-order valence-corrected chi connectivity index (χ0v) is 17.8. The van der Waals surface area contributed by atoms with E-state index >= 15 is 0 Å². The van der Waals surface area contributed by atoms with Gasteiger partial charge in [0.25, 0.3) is 5.91 Å². The maximum absolute atomic E-state index is 12.9. The van der Waals surface area contributed by atoms with Crippen molar-refractivity contribution in [2.45, 2.75) is 37.3 Å². The van der Waals surface area contributed by atoms with Gasteiger partial charge in [-0.25, -0.2) is 8.42 Å². The zero-order chi connectivity index (χ0) is 22.4. The summed E-state index contributed by atoms with van der Waals surface area (Å²) in [6.45, 7) is -2.13. The lowest BCUT2D eigenvalue weighted by atomic mass is 10.1. The van der Waals surface area contributed by atoms with Crippen molar-refractivity contribution in [3.63, 3.8) is 0 Å². The second kappa shape index (κ2) is 10.1. The third-order valence-corrected chi connectivity index (χ3v) is 6.85. The highest BCUT2D eigenvalue weighted by molar-refractivity contribution is 7.89. The summed E-state index contributed by atoms with van der Waals surface area (Å²) in [5, 5.41) is 2.61. The van der Waals surface area contributed by atoms with Gasteiger partial charge in [0.2, 0.25) is 10.0 Å². The largest absolute Gasteiger partial charge is 0.493 e. The molecule has 2 aromatic rings. The average molecular weight is 454 g/mol. The molecule has 0 radical (unpaired) electrons. The summed E-state index contributed by atoms with van der Waals surface area (Å²) in [5.41, 5.74) is 0.447. The Morgan fingerprint density at radius 2 is 1.84 bits per heavy atom. The minimum atomic E-state index is -3.60. The van der Waals surface area contributed by atoms with Crippen LogP contribution in [-0.2, 0) is 16.6 Å². The fourth-order valence-corrected chi connectivity index (χ4v) is 5.00. The van der Waals surface area contributed by atoms with Crippen LogP contribution in [0.15, 0.2) is 47.4 Å². The molecule has 1 amide bonds. The van der Waals surface area contributed by atoms with E-state index in [1.165, 1.54) is 41.7 Å². The molecular formula is C21H24F2N2O5S. The standard InChI is InChI=1S/C21H24F2N2O5S/c1-29-18-10-6-9-17(19(18)30-21(22)23)20(26)24-14-15-7-5-8-16(13-15)31(27,28)25-11-3-2-4-12-25/h5-10,13,21H,2-4,11-12,14H2,1H3,(H,24,26). The smallest absolute Gasteiger partial charge is 0.387 e. The molecule has 0 aromatic heterocycles. The van der Waals surface area contributed by atoms with Crippen LogP contribution < -0.4 is 14.8 Å². The Bertz CT molecular complexity index is 1020. The van der Waals surface area contributed by atoms with Gasteiger partial charge in [0.1, 0.15) is 0 Å². The molecule has 1 heterocycles. The number of para-hydroxylation sites is 1. The second-order valence-electron chi connectivity index (χ2n) is 7.01. The van der Waals surface area contributed by atoms with Gasteiger partial charge in [-0.1, -0.05) is 24.6 Å². The molecule has 1 fully saturated rings. The molecule has 0 spiro atoms. The first-order chi connectivity index (χ1) is 14.8. The van der Waals surface area contributed by atoms with Crippen molar-refractivity contribution >= 4 is 15.9 Å². The monoisotopic (exact) mass is 454 g/mol. The Morgan fingerprint density at radius 3 is 2.52 bits per heavy atom. The summed E-state index contributed by atoms with van der Waals surface area (Å²) in [5.74, 6) is -1.01. The van der Waals surface area contributed by atoms with E-state index in [1.807, 2.05) is 0 Å². The number of sulfonamides is 1. The number of amides is 1. The number of methoxy groups -OCH3 is 1. The number of alkyl halides is 2. The maximum atomic E-state index is 12.9. The van der Waals surface area contributed by atoms with Gasteiger partial charge in [-0.05, 0) is 42.7 Å². The molecule has 31 heavy (non-hydrogen) atoms. The van der Waals surface area contributed by atoms with Crippen LogP contribution in [0.4, 0.5) is 8.78 Å². The number of benzene rings is 2. The van der Waals surface area contributed by atoms with Crippen LogP contribution >= 0.6 is 0 Å². The van der Waals surface area contributed by atoms with Gasteiger partial charge in [0.05, 0.1) is 17.6 Å². The predicted octanol–water partition coefficient (Wildman–Crippen LogP) is 3.40. The van der Waals surface area contributed by atoms with Crippen molar-refractivity contribution in [2.75, 3.05) is 20.2 Å². The van der Waals surface area contributed by atoms with Crippen molar-refractivity contribution in [1.29, 1.82) is 0 Å². The van der Waals surface area contributed by atoms with Crippen molar-refractivity contribution in [1.82, 2.24) is 9.62 Å². The summed E-state index contributed by atoms with van der Waals surface area (Å²) in [7, 11) is -2.32. The molecule has 0 atom stereocenters. The summed E-state index contributed by atoms with van der Waals surface area (Å²) in [6, 6.07) is 10.5. The van der Waals surface area contributed by atoms with Crippen molar-refractivity contribution in [3.05, 3.63) is 53.6 Å². The summed E-state index contributed by atoms with van der Waals surface area (Å²) in [6.07, 6.45) is 2.68. The van der Waals surface area contributed by atoms with E-state index in [9.17, 15) is 22.0 Å². The summed E-state index contributed by atoms with van der Waals surface area (Å²) >= 11 is 0. The quantitative estimate of drug-likeness (QED) is 0.661. The zero-order valence-electron chi connectivity index (χ0n) is 17.0. The predicted molar refractivity (Wildman–Crippen MR) is 110 cm³/mol. The van der Waals surface area contributed by atoms with Crippen LogP contribution in [0, 0.1) is 0 Å². The number of hydrogen-bond acceptors (Lipinski definition) is 5. The topological polar surface area (TPSA) is 84.9 Å². The van der Waals surface area contributed by atoms with E-state index < -0.39 is 22.5 Å². The molecule has 1 saturated heterocycles. The normalized spacial score (nSPS) is 15.0. The Balaban J connectivity index is 1.75. The molecule has 168 valence electrons. The fraction of sp³-hybridized carbons (Fsp3) is 0.381. The molecule has 7 nitrogen and oxygen atoms in total. The summed E-state index contributed by atoms with van der Waals surface area (Å²) in [4.78, 5) is 12.8. The number of rotatable bonds is 8. The highest BCUT2D eigenvalue weighted by Gasteiger charge is 2.26. The second-order valence-corrected chi connectivity index (χ2v) is 8.95. The van der Waals surface area contributed by atoms with Crippen LogP contribution in [0.1, 0.15) is 35.2 Å². The van der Waals surface area contributed by atoms with Crippen LogP contribution in [0.3, 0.4) is 0 Å². The number of piperidine rings is 1. The number of nitrogens with zero attached hydrogens (tertiary/aromatic N) is 1. The molecule has 0 saturated carbocycles. The lowest BCUT2D eigenvalue weighted by molar-refractivity contribution is -0.0515. The minimum absolute atomic E-state index is 0.00238. The summed E-state index contributed by atoms with van der Waals surface area (Å²) < 4.78 is 62.2. The minimum Gasteiger partial charge on any atom is -0.493 e. The van der Waals surface area contributed by atoms with E-state index in [0.29, 0.717) is 18.7 Å². The van der Waals surface area contributed by atoms with Gasteiger partial charge < -0.3 is 14.8 Å². The van der Waals surface area contributed by atoms with Gasteiger partial charge in [0, 0.05) is 19.6 Å². The molecule has 1 aliphatic rings. The number of ether oxygens (including phenoxy) is 2. The highest BCUT2D eigenvalue weighted by Crippen LogP contribution is 2.32. The van der Waals surface area contributed by atoms with Gasteiger partial charge in [-0.3, -0.25) is 4.79 Å². The van der Waals surface area contributed by atoms with Gasteiger partial charge in [-0.2, -0.15) is 13.1 Å². The van der Waals surface area contributed by atoms with E-state index in [4.69, 9.17) is 4.74 Å². The Hall–Kier alpha value is -2.72. The van der Waals surface area contributed by atoms with Crippen LogP contribution in [0.5, 0.6) is 11.5 Å². The third kappa shape index (κ3) is 5.50. The molecule has 3 rings (SSSR count). The number of nitrogens with one attached hydrogen (secondary N) is 1. The van der Waals surface area contributed by atoms with Crippen LogP contribution in [0.2, 0.25) is 0 Å².